The van der Waals surface area contributed by atoms with Crippen molar-refractivity contribution in [2.75, 3.05) is 26.2 Å². The van der Waals surface area contributed by atoms with Gasteiger partial charge in [0.15, 0.2) is 0 Å². The second-order valence-electron chi connectivity index (χ2n) is 12.4. The first-order chi connectivity index (χ1) is 21.7. The molecular weight excluding hydrogens is 608 g/mol. The minimum atomic E-state index is -4.07. The number of guanidine groups is 1. The highest BCUT2D eigenvalue weighted by Crippen LogP contribution is 2.45. The molecular formula is C34H40N4O7S. The van der Waals surface area contributed by atoms with E-state index < -0.39 is 34.2 Å². The third kappa shape index (κ3) is 6.53. The number of sulfonamides is 1. The van der Waals surface area contributed by atoms with Gasteiger partial charge >= 0.3 is 12.1 Å². The van der Waals surface area contributed by atoms with Gasteiger partial charge in [0.2, 0.25) is 5.96 Å². The Bertz CT molecular complexity index is 1790. The summed E-state index contributed by atoms with van der Waals surface area (Å²) in [4.78, 5) is 29.9. The fraction of sp³-hybridized carbons (Fsp3) is 0.382. The number of nitrogens with one attached hydrogen (secondary N) is 1. The van der Waals surface area contributed by atoms with Crippen molar-refractivity contribution in [3.63, 3.8) is 0 Å². The fourth-order valence-electron chi connectivity index (χ4n) is 6.41. The first-order valence-corrected chi connectivity index (χ1v) is 16.6. The summed E-state index contributed by atoms with van der Waals surface area (Å²) in [6, 6.07) is 15.9. The highest BCUT2D eigenvalue weighted by molar-refractivity contribution is 7.90. The van der Waals surface area contributed by atoms with E-state index in [-0.39, 0.29) is 42.9 Å². The Balaban J connectivity index is 1.21. The van der Waals surface area contributed by atoms with Crippen LogP contribution in [-0.4, -0.2) is 68.3 Å². The van der Waals surface area contributed by atoms with Crippen LogP contribution >= 0.6 is 0 Å². The molecule has 1 aliphatic heterocycles. The van der Waals surface area contributed by atoms with Crippen LogP contribution in [0.15, 0.2) is 58.4 Å². The molecule has 5 rings (SSSR count). The standard InChI is InChI=1S/C34H40N4O7S/c1-20-21(2)31(22(3)27-17-34(4,5)45-30(20)27)46(42,43)37-32(35)36-15-10-16-38(18-29(39)40)33(41)44-19-28-25-13-8-6-11-23(25)24-12-7-9-14-26(24)28/h6-9,11-14,28H,10,15-19H2,1-5H3,(H,39,40)(H3,35,36,37). The summed E-state index contributed by atoms with van der Waals surface area (Å²) in [5.74, 6) is -0.933. The van der Waals surface area contributed by atoms with E-state index in [1.165, 1.54) is 0 Å². The number of amides is 1. The van der Waals surface area contributed by atoms with Gasteiger partial charge in [-0.15, -0.1) is 0 Å². The quantitative estimate of drug-likeness (QED) is 0.163. The molecule has 244 valence electrons. The number of carboxylic acids is 1. The lowest BCUT2D eigenvalue weighted by molar-refractivity contribution is -0.138. The average Bonchev–Trinajstić information content (AvgIpc) is 3.50. The fourth-order valence-corrected chi connectivity index (χ4v) is 7.94. The Hall–Kier alpha value is -4.58. The van der Waals surface area contributed by atoms with Crippen LogP contribution in [0.2, 0.25) is 0 Å². The van der Waals surface area contributed by atoms with E-state index in [9.17, 15) is 23.1 Å². The van der Waals surface area contributed by atoms with E-state index in [0.29, 0.717) is 17.5 Å². The molecule has 0 unspecified atom stereocenters. The number of aliphatic imine (C=N–C) groups is 1. The lowest BCUT2D eigenvalue weighted by atomic mass is 9.94. The molecule has 12 heteroatoms. The van der Waals surface area contributed by atoms with Crippen molar-refractivity contribution in [1.29, 1.82) is 0 Å². The van der Waals surface area contributed by atoms with Gasteiger partial charge in [-0.3, -0.25) is 14.7 Å². The molecule has 46 heavy (non-hydrogen) atoms. The van der Waals surface area contributed by atoms with Gasteiger partial charge in [0, 0.05) is 31.0 Å². The predicted octanol–water partition coefficient (Wildman–Crippen LogP) is 4.64. The lowest BCUT2D eigenvalue weighted by Gasteiger charge is -2.22. The van der Waals surface area contributed by atoms with Crippen LogP contribution in [0.3, 0.4) is 0 Å². The van der Waals surface area contributed by atoms with Crippen LogP contribution in [-0.2, 0) is 26.0 Å². The normalized spacial score (nSPS) is 15.0. The number of rotatable bonds is 10. The zero-order valence-electron chi connectivity index (χ0n) is 26.7. The molecule has 1 amide bonds. The van der Waals surface area contributed by atoms with Gasteiger partial charge < -0.3 is 20.3 Å². The highest BCUT2D eigenvalue weighted by atomic mass is 32.2. The lowest BCUT2D eigenvalue weighted by Crippen LogP contribution is -2.39. The molecule has 0 aromatic heterocycles. The third-order valence-electron chi connectivity index (χ3n) is 8.59. The van der Waals surface area contributed by atoms with Crippen molar-refractivity contribution in [2.24, 2.45) is 10.7 Å². The number of carboxylic acid groups (broad SMARTS) is 1. The smallest absolute Gasteiger partial charge is 0.410 e. The molecule has 1 heterocycles. The monoisotopic (exact) mass is 648 g/mol. The molecule has 0 radical (unpaired) electrons. The number of benzene rings is 3. The molecule has 1 aliphatic carbocycles. The molecule has 0 saturated carbocycles. The van der Waals surface area contributed by atoms with E-state index >= 15 is 0 Å². The zero-order chi connectivity index (χ0) is 33.4. The molecule has 0 atom stereocenters. The molecule has 0 bridgehead atoms. The van der Waals surface area contributed by atoms with Gasteiger partial charge in [0.25, 0.3) is 10.0 Å². The minimum Gasteiger partial charge on any atom is -0.487 e. The number of ether oxygens (including phenoxy) is 2. The van der Waals surface area contributed by atoms with Crippen molar-refractivity contribution in [1.82, 2.24) is 9.62 Å². The first-order valence-electron chi connectivity index (χ1n) is 15.2. The molecule has 0 saturated heterocycles. The SMILES string of the molecule is Cc1c(C)c(S(=O)(=O)NC(N)=NCCCN(CC(=O)O)C(=O)OCC2c3ccccc3-c3ccccc32)c(C)c2c1OC(C)(C)C2. The summed E-state index contributed by atoms with van der Waals surface area (Å²) >= 11 is 0. The second-order valence-corrected chi connectivity index (χ2v) is 14.0. The van der Waals surface area contributed by atoms with Crippen molar-refractivity contribution in [3.8, 4) is 16.9 Å². The van der Waals surface area contributed by atoms with Gasteiger partial charge in [-0.1, -0.05) is 48.5 Å². The Morgan fingerprint density at radius 3 is 2.26 bits per heavy atom. The topological polar surface area (TPSA) is 161 Å². The van der Waals surface area contributed by atoms with Crippen LogP contribution < -0.4 is 15.2 Å². The Kier molecular flexibility index (Phi) is 9.03. The van der Waals surface area contributed by atoms with E-state index in [0.717, 1.165) is 44.0 Å². The van der Waals surface area contributed by atoms with E-state index in [4.69, 9.17) is 15.2 Å². The largest absolute Gasteiger partial charge is 0.487 e. The number of carbonyl (C=O) groups is 2. The molecule has 11 nitrogen and oxygen atoms in total. The number of nitrogens with two attached hydrogens (primary N) is 1. The van der Waals surface area contributed by atoms with Crippen molar-refractivity contribution in [2.45, 2.75) is 63.9 Å². The van der Waals surface area contributed by atoms with Gasteiger partial charge in [0.1, 0.15) is 24.5 Å². The third-order valence-corrected chi connectivity index (χ3v) is 10.2. The van der Waals surface area contributed by atoms with Gasteiger partial charge in [-0.25, -0.2) is 17.9 Å². The number of hydrogen-bond acceptors (Lipinski definition) is 7. The summed E-state index contributed by atoms with van der Waals surface area (Å²) in [6.07, 6.45) is 0.0484. The maximum absolute atomic E-state index is 13.4. The summed E-state index contributed by atoms with van der Waals surface area (Å²) < 4.78 is 41.0. The number of fused-ring (bicyclic) bond motifs is 4. The van der Waals surface area contributed by atoms with E-state index in [1.54, 1.807) is 13.8 Å². The van der Waals surface area contributed by atoms with Gasteiger partial charge in [0.05, 0.1) is 4.90 Å². The second kappa shape index (κ2) is 12.7. The van der Waals surface area contributed by atoms with Crippen LogP contribution in [0.25, 0.3) is 11.1 Å². The Morgan fingerprint density at radius 1 is 1.04 bits per heavy atom. The number of carbonyl (C=O) groups excluding carboxylic acids is 1. The first kappa shape index (κ1) is 32.8. The zero-order valence-corrected chi connectivity index (χ0v) is 27.5. The van der Waals surface area contributed by atoms with E-state index in [2.05, 4.69) is 9.71 Å². The van der Waals surface area contributed by atoms with Crippen molar-refractivity contribution >= 4 is 28.0 Å². The average molecular weight is 649 g/mol. The molecule has 3 aromatic carbocycles. The van der Waals surface area contributed by atoms with Crippen LogP contribution in [0, 0.1) is 20.8 Å². The van der Waals surface area contributed by atoms with Gasteiger partial charge in [-0.2, -0.15) is 0 Å². The van der Waals surface area contributed by atoms with Crippen molar-refractivity contribution in [3.05, 3.63) is 81.9 Å². The summed E-state index contributed by atoms with van der Waals surface area (Å²) in [5.41, 5.74) is 12.6. The number of hydrogen-bond donors (Lipinski definition) is 3. The summed E-state index contributed by atoms with van der Waals surface area (Å²) in [6.45, 7) is 8.82. The summed E-state index contributed by atoms with van der Waals surface area (Å²) in [5, 5.41) is 9.42. The molecule has 4 N–H and O–H groups in total. The highest BCUT2D eigenvalue weighted by Gasteiger charge is 2.37. The van der Waals surface area contributed by atoms with Crippen LogP contribution in [0.1, 0.15) is 59.6 Å². The Morgan fingerprint density at radius 2 is 1.65 bits per heavy atom. The molecule has 2 aliphatic rings. The van der Waals surface area contributed by atoms with E-state index in [1.807, 2.05) is 69.3 Å². The van der Waals surface area contributed by atoms with Crippen LogP contribution in [0.4, 0.5) is 4.79 Å². The maximum atomic E-state index is 13.4. The maximum Gasteiger partial charge on any atom is 0.410 e. The minimum absolute atomic E-state index is 0.0184. The van der Waals surface area contributed by atoms with Crippen molar-refractivity contribution < 1.29 is 32.6 Å². The molecule has 3 aromatic rings. The molecule has 0 spiro atoms. The molecule has 0 fully saturated rings. The predicted molar refractivity (Wildman–Crippen MR) is 175 cm³/mol. The number of aliphatic carboxylic acids is 1. The number of nitrogens with zero attached hydrogens (tertiary/aromatic N) is 2. The Labute approximate surface area is 269 Å². The van der Waals surface area contributed by atoms with Crippen LogP contribution in [0.5, 0.6) is 5.75 Å². The summed E-state index contributed by atoms with van der Waals surface area (Å²) in [7, 11) is -4.07. The van der Waals surface area contributed by atoms with Gasteiger partial charge in [-0.05, 0) is 80.0 Å².